The molecular formula is C23H24FN6Na2O9P. The summed E-state index contributed by atoms with van der Waals surface area (Å²) in [4.78, 5) is 47.5. The molecule has 3 heterocycles. The molecule has 0 unspecified atom stereocenters. The van der Waals surface area contributed by atoms with E-state index in [-0.39, 0.29) is 64.0 Å². The summed E-state index contributed by atoms with van der Waals surface area (Å²) in [5.41, 5.74) is -4.57. The number of fused-ring (bicyclic) bond motifs is 1. The van der Waals surface area contributed by atoms with Gasteiger partial charge in [-0.1, -0.05) is 0 Å². The van der Waals surface area contributed by atoms with E-state index in [0.717, 1.165) is 12.1 Å². The van der Waals surface area contributed by atoms with E-state index in [2.05, 4.69) is 30.1 Å². The Balaban J connectivity index is 0.00000600. The maximum absolute atomic E-state index is 15.1. The monoisotopic (exact) mass is 641 g/mol. The van der Waals surface area contributed by atoms with Crippen molar-refractivity contribution in [1.29, 1.82) is 0 Å². The van der Waals surface area contributed by atoms with Crippen LogP contribution in [-0.4, -0.2) is 54.3 Å². The molecule has 214 valence electrons. The van der Waals surface area contributed by atoms with Crippen LogP contribution in [0.2, 0.25) is 0 Å². The van der Waals surface area contributed by atoms with Crippen LogP contribution in [0, 0.1) is 5.82 Å². The zero-order chi connectivity index (χ0) is 43.5. The van der Waals surface area contributed by atoms with E-state index in [1.165, 1.54) is 0 Å². The predicted octanol–water partition coefficient (Wildman–Crippen LogP) is -4.16. The molecule has 0 saturated carbocycles. The van der Waals surface area contributed by atoms with E-state index in [1.807, 2.05) is 0 Å². The number of benzene rings is 1. The fraction of sp³-hybridized carbons (Fsp3) is 0.304. The molecular weight excluding hydrogens is 600 g/mol. The number of aromatic nitrogens is 3. The van der Waals surface area contributed by atoms with Gasteiger partial charge in [-0.05, 0) is 25.8 Å². The van der Waals surface area contributed by atoms with Gasteiger partial charge in [0, 0.05) is 26.0 Å². The molecule has 1 aliphatic rings. The van der Waals surface area contributed by atoms with Crippen LogP contribution in [0.5, 0.6) is 23.0 Å². The second-order valence-electron chi connectivity index (χ2n) is 7.30. The van der Waals surface area contributed by atoms with Gasteiger partial charge in [0.15, 0.2) is 40.3 Å². The van der Waals surface area contributed by atoms with Gasteiger partial charge in [0.05, 0.1) is 50.2 Å². The van der Waals surface area contributed by atoms with Crippen molar-refractivity contribution in [2.45, 2.75) is 19.3 Å². The Kier molecular flexibility index (Phi) is 6.18. The third-order valence-electron chi connectivity index (χ3n) is 4.67. The average molecular weight is 642 g/mol. The molecule has 3 aromatic rings. The maximum atomic E-state index is 15.1. The molecule has 0 radical (unpaired) electrons. The first-order chi connectivity index (χ1) is 25.6. The fourth-order valence-electron chi connectivity index (χ4n) is 3.04. The minimum absolute atomic E-state index is 0. The smallest absolute Gasteiger partial charge is 0.790 e. The standard InChI is InChI=1S/C23H26FN6O9P.2Na/c1-23(2)21(31)30(11-38-40(32,33)34)20-14(39-23)6-7-17(28-20)27-19-13(24)10-25-22(29-19)26-12-8-15(35-3)18(37-5)16(9-12)36-4;;/h6-10H,11H2,1-5H3,(H2,32,33,34)(H2,25,26,27,28,29);;/q;2*+1/p-2/i1D3,2D3,3D3,4D3,5D3,8D,9D;;. The second-order valence-corrected chi connectivity index (χ2v) is 8.45. The minimum atomic E-state index is -5.91. The molecule has 1 amide bonds. The summed E-state index contributed by atoms with van der Waals surface area (Å²) in [5, 5.41) is 4.54. The van der Waals surface area contributed by atoms with Crippen molar-refractivity contribution in [2.24, 2.45) is 0 Å². The van der Waals surface area contributed by atoms with Gasteiger partial charge in [-0.15, -0.1) is 0 Å². The molecule has 19 heteroatoms. The van der Waals surface area contributed by atoms with Gasteiger partial charge in [-0.3, -0.25) is 9.69 Å². The number of methoxy groups -OCH3 is 3. The van der Waals surface area contributed by atoms with E-state index in [1.54, 1.807) is 0 Å². The van der Waals surface area contributed by atoms with E-state index < -0.39 is 131 Å². The van der Waals surface area contributed by atoms with Crippen LogP contribution in [0.15, 0.2) is 30.4 Å². The number of hydrogen-bond donors (Lipinski definition) is 2. The van der Waals surface area contributed by atoms with Gasteiger partial charge in [0.25, 0.3) is 5.91 Å². The number of halogens is 1. The number of rotatable bonds is 10. The second kappa shape index (κ2) is 14.5. The van der Waals surface area contributed by atoms with Gasteiger partial charge >= 0.3 is 59.1 Å². The van der Waals surface area contributed by atoms with Gasteiger partial charge in [-0.2, -0.15) is 4.98 Å². The summed E-state index contributed by atoms with van der Waals surface area (Å²) in [5.74, 6) is -10.7. The Morgan fingerprint density at radius 3 is 2.43 bits per heavy atom. The number of amides is 1. The number of hydrogen-bond acceptors (Lipinski definition) is 14. The van der Waals surface area contributed by atoms with Crippen LogP contribution < -0.4 is 103 Å². The molecule has 15 nitrogen and oxygen atoms in total. The summed E-state index contributed by atoms with van der Waals surface area (Å²) >= 11 is 0. The zero-order valence-electron chi connectivity index (χ0n) is 38.2. The molecule has 0 bridgehead atoms. The largest absolute Gasteiger partial charge is 1.00 e. The van der Waals surface area contributed by atoms with Crippen LogP contribution in [0.25, 0.3) is 0 Å². The maximum Gasteiger partial charge on any atom is 1.00 e. The molecule has 0 fully saturated rings. The normalized spacial score (nSPS) is 21.0. The number of phosphoric ester groups is 1. The molecule has 42 heavy (non-hydrogen) atoms. The number of nitrogens with one attached hydrogen (secondary N) is 2. The van der Waals surface area contributed by atoms with Crippen molar-refractivity contribution < 1.29 is 129 Å². The predicted molar refractivity (Wildman–Crippen MR) is 135 cm³/mol. The van der Waals surface area contributed by atoms with Crippen LogP contribution in [-0.2, 0) is 13.9 Å². The molecule has 0 aliphatic carbocycles. The van der Waals surface area contributed by atoms with Crippen molar-refractivity contribution in [3.8, 4) is 23.0 Å². The van der Waals surface area contributed by atoms with Crippen molar-refractivity contribution in [3.05, 3.63) is 36.2 Å². The first-order valence-electron chi connectivity index (χ1n) is 18.6. The molecule has 1 aliphatic heterocycles. The molecule has 0 atom stereocenters. The van der Waals surface area contributed by atoms with Crippen molar-refractivity contribution in [3.63, 3.8) is 0 Å². The Hall–Kier alpha value is -2.24. The van der Waals surface area contributed by atoms with E-state index in [4.69, 9.17) is 42.3 Å². The van der Waals surface area contributed by atoms with E-state index in [9.17, 15) is 19.1 Å². The van der Waals surface area contributed by atoms with Crippen molar-refractivity contribution >= 4 is 42.8 Å². The minimum Gasteiger partial charge on any atom is -0.790 e. The van der Waals surface area contributed by atoms with Crippen molar-refractivity contribution in [1.82, 2.24) is 15.0 Å². The van der Waals surface area contributed by atoms with Crippen LogP contribution in [0.4, 0.5) is 33.5 Å². The summed E-state index contributed by atoms with van der Waals surface area (Å²) in [6.07, 6.45) is 0.475. The van der Waals surface area contributed by atoms with E-state index in [0.29, 0.717) is 6.20 Å². The number of carbonyl (C=O) groups excluding carboxylic acids is 1. The van der Waals surface area contributed by atoms with Crippen LogP contribution in [0.1, 0.15) is 37.0 Å². The zero-order valence-corrected chi connectivity index (χ0v) is 26.1. The number of ether oxygens (including phenoxy) is 4. The number of anilines is 5. The quantitative estimate of drug-likeness (QED) is 0.160. The number of carbonyl (C=O) groups is 1. The Labute approximate surface area is 308 Å². The summed E-state index contributed by atoms with van der Waals surface area (Å²) in [7, 11) is -16.2. The van der Waals surface area contributed by atoms with Gasteiger partial charge in [0.2, 0.25) is 11.7 Å². The van der Waals surface area contributed by atoms with Crippen LogP contribution in [0.3, 0.4) is 0 Å². The summed E-state index contributed by atoms with van der Waals surface area (Å²) in [6, 6.07) is -0.569. The van der Waals surface area contributed by atoms with Gasteiger partial charge in [0.1, 0.15) is 12.5 Å². The third-order valence-corrected chi connectivity index (χ3v) is 5.10. The summed E-state index contributed by atoms with van der Waals surface area (Å²) < 4.78 is 181. The summed E-state index contributed by atoms with van der Waals surface area (Å²) in [6.45, 7) is -9.11. The van der Waals surface area contributed by atoms with Gasteiger partial charge in [-0.25, -0.2) is 14.4 Å². The fourth-order valence-corrected chi connectivity index (χ4v) is 3.30. The number of pyridine rings is 1. The Bertz CT molecular complexity index is 2050. The molecule has 1 aromatic carbocycles. The number of phosphoric acid groups is 1. The average Bonchev–Trinajstić information content (AvgIpc) is 3.00. The van der Waals surface area contributed by atoms with Crippen LogP contribution >= 0.6 is 7.82 Å². The molecule has 4 rings (SSSR count). The van der Waals surface area contributed by atoms with Crippen molar-refractivity contribution in [2.75, 3.05) is 43.4 Å². The topological polar surface area (TPSA) is 192 Å². The third kappa shape index (κ3) is 8.23. The molecule has 0 spiro atoms. The Morgan fingerprint density at radius 1 is 1.12 bits per heavy atom. The van der Waals surface area contributed by atoms with Gasteiger partial charge < -0.3 is 48.5 Å². The van der Waals surface area contributed by atoms with E-state index >= 15 is 4.39 Å². The molecule has 0 saturated heterocycles. The first-order valence-corrected chi connectivity index (χ1v) is 11.6. The SMILES string of the molecule is [2H]c1c(Nc2ncc(F)c(Nc3ccc4c(n3)N(COP(=O)([O-])[O-])C(=O)C(C([2H])([2H])[2H])(C([2H])([2H])[2H])O4)n2)c([2H])c(OC([2H])([2H])[2H])c(OC([2H])([2H])[2H])c1OC([2H])([2H])[2H].[Na+].[Na+]. The molecule has 2 aromatic heterocycles. The molecule has 2 N–H and O–H groups in total. The number of nitrogens with zero attached hydrogens (tertiary/aromatic N) is 4. The first kappa shape index (κ1) is 17.9. The Morgan fingerprint density at radius 2 is 1.81 bits per heavy atom.